The van der Waals surface area contributed by atoms with Gasteiger partial charge in [-0.2, -0.15) is 48.3 Å². The van der Waals surface area contributed by atoms with Crippen molar-refractivity contribution in [1.29, 1.82) is 0 Å². The Bertz CT molecular complexity index is 742. The largest absolute Gasteiger partial charge is 0.426 e. The number of rotatable bonds is 11. The fourth-order valence-corrected chi connectivity index (χ4v) is 5.45. The molecule has 0 saturated heterocycles. The van der Waals surface area contributed by atoms with Crippen molar-refractivity contribution in [2.24, 2.45) is 0 Å². The molecule has 0 heterocycles. The number of benzene rings is 1. The van der Waals surface area contributed by atoms with Gasteiger partial charge < -0.3 is 4.74 Å². The second-order valence-electron chi connectivity index (χ2n) is 6.60. The van der Waals surface area contributed by atoms with Gasteiger partial charge in [0.15, 0.2) is 6.17 Å². The Balaban J connectivity index is 2.89. The summed E-state index contributed by atoms with van der Waals surface area (Å²) in [5, 5.41) is 0.394. The van der Waals surface area contributed by atoms with E-state index in [0.717, 1.165) is 0 Å². The summed E-state index contributed by atoms with van der Waals surface area (Å²) in [6.07, 6.45) is -20.9. The quantitative estimate of drug-likeness (QED) is 0.125. The van der Waals surface area contributed by atoms with Crippen LogP contribution in [-0.4, -0.2) is 49.5 Å². The highest BCUT2D eigenvalue weighted by molar-refractivity contribution is 7.50. The number of alkyl halides is 12. The molecule has 0 spiro atoms. The van der Waals surface area contributed by atoms with E-state index in [2.05, 4.69) is 4.74 Å². The van der Waals surface area contributed by atoms with Crippen LogP contribution in [0.3, 0.4) is 0 Å². The van der Waals surface area contributed by atoms with Gasteiger partial charge in [-0.05, 0) is 17.7 Å². The van der Waals surface area contributed by atoms with Crippen LogP contribution >= 0.6 is 22.2 Å². The highest BCUT2D eigenvalue weighted by Crippen LogP contribution is 2.55. The minimum absolute atomic E-state index is 0.299. The van der Waals surface area contributed by atoms with Gasteiger partial charge in [0, 0.05) is 0 Å². The predicted octanol–water partition coefficient (Wildman–Crippen LogP) is 7.01. The Labute approximate surface area is 184 Å². The summed E-state index contributed by atoms with van der Waals surface area (Å²) in [4.78, 5) is 0. The lowest BCUT2D eigenvalue weighted by Gasteiger charge is -2.37. The summed E-state index contributed by atoms with van der Waals surface area (Å²) in [5.74, 6) is -21.1. The fourth-order valence-electron chi connectivity index (χ4n) is 2.33. The third kappa shape index (κ3) is 6.38. The van der Waals surface area contributed by atoms with Crippen LogP contribution in [0.15, 0.2) is 30.3 Å². The zero-order chi connectivity index (χ0) is 25.2. The van der Waals surface area contributed by atoms with E-state index in [4.69, 9.17) is 22.2 Å². The molecule has 0 radical (unpaired) electrons. The predicted molar refractivity (Wildman–Crippen MR) is 94.3 cm³/mol. The van der Waals surface area contributed by atoms with E-state index < -0.39 is 62.4 Å². The van der Waals surface area contributed by atoms with E-state index in [1.54, 1.807) is 6.07 Å². The van der Waals surface area contributed by atoms with Crippen molar-refractivity contribution >= 4 is 34.0 Å². The van der Waals surface area contributed by atoms with Crippen molar-refractivity contribution in [3.63, 3.8) is 0 Å². The van der Waals surface area contributed by atoms with E-state index in [0.29, 0.717) is 5.19 Å². The van der Waals surface area contributed by atoms with Crippen LogP contribution < -0.4 is 5.19 Å². The molecule has 1 rings (SSSR count). The molecule has 0 aromatic heterocycles. The summed E-state index contributed by atoms with van der Waals surface area (Å²) in [6, 6.07) is 7.32. The molecule has 16 heteroatoms. The summed E-state index contributed by atoms with van der Waals surface area (Å²) < 4.78 is 161. The van der Waals surface area contributed by atoms with Crippen LogP contribution in [0.2, 0.25) is 6.04 Å². The van der Waals surface area contributed by atoms with Crippen molar-refractivity contribution in [2.45, 2.75) is 55.1 Å². The molecule has 0 saturated carbocycles. The third-order valence-corrected chi connectivity index (χ3v) is 8.70. The molecule has 186 valence electrons. The fraction of sp³-hybridized carbons (Fsp3) is 0.625. The lowest BCUT2D eigenvalue weighted by molar-refractivity contribution is -0.433. The average Bonchev–Trinajstić information content (AvgIpc) is 2.64. The Morgan fingerprint density at radius 1 is 0.812 bits per heavy atom. The average molecular weight is 549 g/mol. The molecule has 0 amide bonds. The second-order valence-corrected chi connectivity index (χ2v) is 13.5. The molecular weight excluding hydrogens is 535 g/mol. The minimum Gasteiger partial charge on any atom is -0.316 e. The molecular formula is C16H14Cl2F12OSi. The van der Waals surface area contributed by atoms with Crippen LogP contribution in [0.25, 0.3) is 0 Å². The van der Waals surface area contributed by atoms with Gasteiger partial charge in [0.05, 0.1) is 13.0 Å². The SMILES string of the molecule is FC(CC(F)(F)F)C(F)(F)C(F)(F)C(F)(F)C(F)(F)OCCC[Si](Cl)(Cl)c1ccccc1. The first kappa shape index (κ1) is 29.2. The molecule has 1 aromatic rings. The third-order valence-electron chi connectivity index (χ3n) is 4.10. The summed E-state index contributed by atoms with van der Waals surface area (Å²) >= 11 is 12.2. The van der Waals surface area contributed by atoms with Crippen molar-refractivity contribution < 1.29 is 57.4 Å². The summed E-state index contributed by atoms with van der Waals surface area (Å²) in [5.41, 5.74) is 0. The molecule has 0 fully saturated rings. The van der Waals surface area contributed by atoms with Gasteiger partial charge in [-0.1, -0.05) is 30.3 Å². The Morgan fingerprint density at radius 2 is 1.31 bits per heavy atom. The van der Waals surface area contributed by atoms with Gasteiger partial charge in [-0.25, -0.2) is 4.39 Å². The molecule has 0 N–H and O–H groups in total. The maximum absolute atomic E-state index is 13.6. The molecule has 0 bridgehead atoms. The number of ether oxygens (including phenoxy) is 1. The van der Waals surface area contributed by atoms with Crippen LogP contribution in [-0.2, 0) is 4.74 Å². The summed E-state index contributed by atoms with van der Waals surface area (Å²) in [7, 11) is 0. The zero-order valence-corrected chi connectivity index (χ0v) is 18.0. The van der Waals surface area contributed by atoms with Crippen LogP contribution in [0.5, 0.6) is 0 Å². The monoisotopic (exact) mass is 548 g/mol. The lowest BCUT2D eigenvalue weighted by atomic mass is 9.97. The topological polar surface area (TPSA) is 9.23 Å². The van der Waals surface area contributed by atoms with Crippen LogP contribution in [0.1, 0.15) is 12.8 Å². The van der Waals surface area contributed by atoms with Crippen LogP contribution in [0, 0.1) is 0 Å². The smallest absolute Gasteiger partial charge is 0.316 e. The Morgan fingerprint density at radius 3 is 1.78 bits per heavy atom. The first-order valence-corrected chi connectivity index (χ1v) is 12.7. The van der Waals surface area contributed by atoms with Crippen LogP contribution in [0.4, 0.5) is 52.7 Å². The van der Waals surface area contributed by atoms with Gasteiger partial charge >= 0.3 is 30.1 Å². The molecule has 32 heavy (non-hydrogen) atoms. The molecule has 1 nitrogen and oxygen atoms in total. The molecule has 0 aliphatic carbocycles. The maximum Gasteiger partial charge on any atom is 0.426 e. The van der Waals surface area contributed by atoms with Crippen molar-refractivity contribution in [3.05, 3.63) is 30.3 Å². The molecule has 1 aromatic carbocycles. The van der Waals surface area contributed by atoms with E-state index >= 15 is 0 Å². The van der Waals surface area contributed by atoms with Gasteiger partial charge in [0.2, 0.25) is 0 Å². The molecule has 1 atom stereocenters. The van der Waals surface area contributed by atoms with Gasteiger partial charge in [-0.3, -0.25) is 0 Å². The molecule has 1 unspecified atom stereocenters. The number of hydrogen-bond acceptors (Lipinski definition) is 1. The zero-order valence-electron chi connectivity index (χ0n) is 15.5. The standard InChI is InChI=1S/C16H14Cl2F12OSi/c17-32(18,10-5-2-1-3-6-10)8-4-7-31-16(29,30)15(27,28)14(25,26)13(23,24)11(19)9-12(20,21)22/h1-3,5-6,11H,4,7-9H2. The number of hydrogen-bond donors (Lipinski definition) is 0. The van der Waals surface area contributed by atoms with E-state index in [1.165, 1.54) is 24.3 Å². The molecule has 0 aliphatic rings. The van der Waals surface area contributed by atoms with E-state index in [9.17, 15) is 52.7 Å². The van der Waals surface area contributed by atoms with Crippen molar-refractivity contribution in [1.82, 2.24) is 0 Å². The lowest BCUT2D eigenvalue weighted by Crippen LogP contribution is -2.65. The van der Waals surface area contributed by atoms with Gasteiger partial charge in [0.25, 0.3) is 6.69 Å². The Kier molecular flexibility index (Phi) is 8.92. The van der Waals surface area contributed by atoms with Crippen molar-refractivity contribution in [2.75, 3.05) is 6.61 Å². The highest BCUT2D eigenvalue weighted by atomic mass is 35.7. The van der Waals surface area contributed by atoms with Crippen molar-refractivity contribution in [3.8, 4) is 0 Å². The Hall–Kier alpha value is -0.863. The van der Waals surface area contributed by atoms with E-state index in [-0.39, 0.29) is 6.04 Å². The first-order chi connectivity index (χ1) is 14.2. The normalized spacial score (nSPS) is 15.7. The number of halogens is 14. The summed E-state index contributed by atoms with van der Waals surface area (Å²) in [6.45, 7) is -4.73. The molecule has 0 aliphatic heterocycles. The minimum atomic E-state index is -7.24. The van der Waals surface area contributed by atoms with Gasteiger partial charge in [0.1, 0.15) is 0 Å². The maximum atomic E-state index is 13.6. The highest BCUT2D eigenvalue weighted by Gasteiger charge is 2.83. The van der Waals surface area contributed by atoms with Gasteiger partial charge in [-0.15, -0.1) is 22.2 Å². The second kappa shape index (κ2) is 9.78. The van der Waals surface area contributed by atoms with E-state index in [1.807, 2.05) is 0 Å². The first-order valence-electron chi connectivity index (χ1n) is 8.48.